The molecular weight excluding hydrogens is 409 g/mol. The lowest BCUT2D eigenvalue weighted by atomic mass is 9.95. The molecular formula is C15H30IN5O2. The van der Waals surface area contributed by atoms with Crippen LogP contribution in [0.25, 0.3) is 0 Å². The number of hydrogen-bond acceptors (Lipinski definition) is 3. The number of nitrogens with two attached hydrogens (primary N) is 1. The van der Waals surface area contributed by atoms with Gasteiger partial charge < -0.3 is 20.9 Å². The van der Waals surface area contributed by atoms with Gasteiger partial charge in [0.2, 0.25) is 11.8 Å². The number of likely N-dealkylation sites (tertiary alicyclic amines) is 1. The number of piperidine rings is 1. The van der Waals surface area contributed by atoms with Gasteiger partial charge in [-0.15, -0.1) is 24.0 Å². The van der Waals surface area contributed by atoms with Crippen molar-refractivity contribution in [1.29, 1.82) is 0 Å². The molecule has 3 N–H and O–H groups in total. The van der Waals surface area contributed by atoms with E-state index in [1.165, 1.54) is 0 Å². The van der Waals surface area contributed by atoms with Crippen molar-refractivity contribution >= 4 is 41.8 Å². The van der Waals surface area contributed by atoms with Crippen LogP contribution in [0.15, 0.2) is 4.99 Å². The number of guanidine groups is 1. The molecule has 0 saturated carbocycles. The number of nitrogens with zero attached hydrogens (tertiary/aromatic N) is 3. The molecule has 0 aliphatic carbocycles. The Labute approximate surface area is 156 Å². The summed E-state index contributed by atoms with van der Waals surface area (Å²) in [5.74, 6) is 0.942. The Bertz CT molecular complexity index is 415. The Hall–Kier alpha value is -1.06. The van der Waals surface area contributed by atoms with E-state index in [1.807, 2.05) is 6.92 Å². The molecule has 1 saturated heterocycles. The van der Waals surface area contributed by atoms with Gasteiger partial charge >= 0.3 is 0 Å². The van der Waals surface area contributed by atoms with Gasteiger partial charge in [0.25, 0.3) is 0 Å². The number of rotatable bonds is 6. The molecule has 1 atom stereocenters. The minimum absolute atomic E-state index is 0. The molecule has 1 heterocycles. The zero-order chi connectivity index (χ0) is 16.5. The largest absolute Gasteiger partial charge is 0.370 e. The maximum absolute atomic E-state index is 11.6. The third kappa shape index (κ3) is 8.38. The van der Waals surface area contributed by atoms with Crippen molar-refractivity contribution in [3.63, 3.8) is 0 Å². The van der Waals surface area contributed by atoms with E-state index in [1.54, 1.807) is 19.0 Å². The molecule has 0 aromatic carbocycles. The Balaban J connectivity index is 0.00000484. The van der Waals surface area contributed by atoms with Crippen LogP contribution >= 0.6 is 24.0 Å². The van der Waals surface area contributed by atoms with Gasteiger partial charge in [-0.25, -0.2) is 0 Å². The summed E-state index contributed by atoms with van der Waals surface area (Å²) in [6.07, 6.45) is 2.88. The molecule has 134 valence electrons. The minimum Gasteiger partial charge on any atom is -0.370 e. The highest BCUT2D eigenvalue weighted by atomic mass is 127. The van der Waals surface area contributed by atoms with Gasteiger partial charge in [-0.1, -0.05) is 0 Å². The number of carbonyl (C=O) groups excluding carboxylic acids is 2. The topological polar surface area (TPSA) is 91.0 Å². The van der Waals surface area contributed by atoms with Crippen LogP contribution < -0.4 is 11.1 Å². The van der Waals surface area contributed by atoms with Crippen LogP contribution in [0.2, 0.25) is 0 Å². The molecule has 7 nitrogen and oxygen atoms in total. The van der Waals surface area contributed by atoms with Crippen molar-refractivity contribution in [1.82, 2.24) is 15.1 Å². The highest BCUT2D eigenvalue weighted by Gasteiger charge is 2.23. The number of carbonyl (C=O) groups is 2. The number of aliphatic imine (C=N–C) groups is 1. The first-order valence-electron chi connectivity index (χ1n) is 7.95. The lowest BCUT2D eigenvalue weighted by Crippen LogP contribution is -2.47. The highest BCUT2D eigenvalue weighted by molar-refractivity contribution is 14.0. The lowest BCUT2D eigenvalue weighted by Gasteiger charge is -2.34. The Morgan fingerprint density at radius 2 is 2.09 bits per heavy atom. The fourth-order valence-corrected chi connectivity index (χ4v) is 2.62. The van der Waals surface area contributed by atoms with Gasteiger partial charge in [-0.2, -0.15) is 0 Å². The molecule has 8 heteroatoms. The maximum Gasteiger partial charge on any atom is 0.223 e. The zero-order valence-electron chi connectivity index (χ0n) is 14.4. The second kappa shape index (κ2) is 11.5. The van der Waals surface area contributed by atoms with Crippen LogP contribution in [-0.2, 0) is 9.59 Å². The van der Waals surface area contributed by atoms with Gasteiger partial charge in [0.15, 0.2) is 5.96 Å². The summed E-state index contributed by atoms with van der Waals surface area (Å²) in [6.45, 7) is 4.97. The Kier molecular flexibility index (Phi) is 10.9. The molecule has 0 aromatic heterocycles. The van der Waals surface area contributed by atoms with Crippen LogP contribution in [0, 0.1) is 5.92 Å². The second-order valence-corrected chi connectivity index (χ2v) is 5.90. The first-order valence-corrected chi connectivity index (χ1v) is 7.95. The molecule has 1 unspecified atom stereocenters. The molecule has 0 aromatic rings. The van der Waals surface area contributed by atoms with Gasteiger partial charge in [0, 0.05) is 46.6 Å². The van der Waals surface area contributed by atoms with E-state index in [0.717, 1.165) is 38.4 Å². The van der Waals surface area contributed by atoms with Crippen molar-refractivity contribution in [3.8, 4) is 0 Å². The van der Waals surface area contributed by atoms with Crippen LogP contribution in [0.1, 0.15) is 32.6 Å². The average Bonchev–Trinajstić information content (AvgIpc) is 2.45. The molecule has 1 aliphatic heterocycles. The van der Waals surface area contributed by atoms with E-state index >= 15 is 0 Å². The van der Waals surface area contributed by atoms with Crippen molar-refractivity contribution in [3.05, 3.63) is 0 Å². The van der Waals surface area contributed by atoms with Crippen molar-refractivity contribution in [2.75, 3.05) is 40.3 Å². The number of nitrogens with one attached hydrogen (secondary N) is 1. The summed E-state index contributed by atoms with van der Waals surface area (Å²) >= 11 is 0. The maximum atomic E-state index is 11.6. The van der Waals surface area contributed by atoms with Gasteiger partial charge in [-0.3, -0.25) is 14.6 Å². The van der Waals surface area contributed by atoms with Gasteiger partial charge in [0.05, 0.1) is 6.54 Å². The normalized spacial score (nSPS) is 18.1. The standard InChI is InChI=1S/C15H29N5O2.HI/c1-4-17-15(18-8-7-14(22)19(2)3)20-9-5-6-12(11-20)10-13(16)21;/h12H,4-11H2,1-3H3,(H2,16,21)(H,17,18);1H. The first-order chi connectivity index (χ1) is 10.4. The lowest BCUT2D eigenvalue weighted by molar-refractivity contribution is -0.128. The first kappa shape index (κ1) is 21.9. The number of amides is 2. The van der Waals surface area contributed by atoms with E-state index in [-0.39, 0.29) is 35.8 Å². The van der Waals surface area contributed by atoms with E-state index in [0.29, 0.717) is 25.3 Å². The van der Waals surface area contributed by atoms with E-state index in [2.05, 4.69) is 15.2 Å². The molecule has 2 amide bonds. The van der Waals surface area contributed by atoms with E-state index in [4.69, 9.17) is 5.73 Å². The summed E-state index contributed by atoms with van der Waals surface area (Å²) in [6, 6.07) is 0. The summed E-state index contributed by atoms with van der Waals surface area (Å²) < 4.78 is 0. The van der Waals surface area contributed by atoms with Crippen LogP contribution in [0.5, 0.6) is 0 Å². The predicted octanol–water partition coefficient (Wildman–Crippen LogP) is 0.636. The van der Waals surface area contributed by atoms with Gasteiger partial charge in [-0.05, 0) is 25.7 Å². The number of halogens is 1. The molecule has 23 heavy (non-hydrogen) atoms. The smallest absolute Gasteiger partial charge is 0.223 e. The highest BCUT2D eigenvalue weighted by Crippen LogP contribution is 2.19. The molecule has 1 rings (SSSR count). The average molecular weight is 439 g/mol. The number of hydrogen-bond donors (Lipinski definition) is 2. The SMILES string of the molecule is CCNC(=NCCC(=O)N(C)C)N1CCCC(CC(N)=O)C1.I. The van der Waals surface area contributed by atoms with Crippen LogP contribution in [-0.4, -0.2) is 67.8 Å². The summed E-state index contributed by atoms with van der Waals surface area (Å²) in [5.41, 5.74) is 5.30. The van der Waals surface area contributed by atoms with E-state index < -0.39 is 0 Å². The quantitative estimate of drug-likeness (QED) is 0.361. The fourth-order valence-electron chi connectivity index (χ4n) is 2.62. The molecule has 1 aliphatic rings. The number of primary amides is 1. The third-order valence-electron chi connectivity index (χ3n) is 3.73. The summed E-state index contributed by atoms with van der Waals surface area (Å²) in [4.78, 5) is 31.0. The molecule has 0 spiro atoms. The van der Waals surface area contributed by atoms with Crippen molar-refractivity contribution in [2.24, 2.45) is 16.6 Å². The molecule has 0 radical (unpaired) electrons. The zero-order valence-corrected chi connectivity index (χ0v) is 16.7. The monoisotopic (exact) mass is 439 g/mol. The van der Waals surface area contributed by atoms with Crippen LogP contribution in [0.4, 0.5) is 0 Å². The molecule has 1 fully saturated rings. The predicted molar refractivity (Wildman–Crippen MR) is 103 cm³/mol. The van der Waals surface area contributed by atoms with Crippen LogP contribution in [0.3, 0.4) is 0 Å². The third-order valence-corrected chi connectivity index (χ3v) is 3.73. The van der Waals surface area contributed by atoms with Gasteiger partial charge in [0.1, 0.15) is 0 Å². The van der Waals surface area contributed by atoms with E-state index in [9.17, 15) is 9.59 Å². The van der Waals surface area contributed by atoms with Crippen molar-refractivity contribution < 1.29 is 9.59 Å². The molecule has 0 bridgehead atoms. The fraction of sp³-hybridized carbons (Fsp3) is 0.800. The summed E-state index contributed by atoms with van der Waals surface area (Å²) in [5, 5.41) is 3.26. The second-order valence-electron chi connectivity index (χ2n) is 5.90. The van der Waals surface area contributed by atoms with Crippen molar-refractivity contribution in [2.45, 2.75) is 32.6 Å². The Morgan fingerprint density at radius 1 is 1.39 bits per heavy atom. The minimum atomic E-state index is -0.245. The Morgan fingerprint density at radius 3 is 2.65 bits per heavy atom. The summed E-state index contributed by atoms with van der Waals surface area (Å²) in [7, 11) is 3.49.